The standard InChI is InChI=1S/C31H25F2N3O2/c32-25-14-20(15-26(33)18-25)13-24(17-27(37)19-36-12-10-21-5-1-2-9-29(21)36)30-28(8-4-11-35-30)22-6-3-7-23(16-22)31(34)38/h1-12,14-16,18,24H,13,17,19H2,(H2,34,38)/t24-/m1/s1. The van der Waals surface area contributed by atoms with E-state index < -0.39 is 23.5 Å². The van der Waals surface area contributed by atoms with Crippen molar-refractivity contribution in [1.82, 2.24) is 9.55 Å². The molecular weight excluding hydrogens is 484 g/mol. The second-order valence-corrected chi connectivity index (χ2v) is 9.31. The van der Waals surface area contributed by atoms with Gasteiger partial charge in [0.25, 0.3) is 0 Å². The summed E-state index contributed by atoms with van der Waals surface area (Å²) in [5.74, 6) is -2.44. The molecule has 5 nitrogen and oxygen atoms in total. The fraction of sp³-hybridized carbons (Fsp3) is 0.129. The smallest absolute Gasteiger partial charge is 0.248 e. The van der Waals surface area contributed by atoms with E-state index in [0.29, 0.717) is 22.4 Å². The van der Waals surface area contributed by atoms with Crippen molar-refractivity contribution in [3.8, 4) is 11.1 Å². The molecule has 0 spiro atoms. The van der Waals surface area contributed by atoms with E-state index in [1.54, 1.807) is 30.5 Å². The molecule has 0 saturated carbocycles. The number of benzene rings is 3. The van der Waals surface area contributed by atoms with Crippen molar-refractivity contribution in [3.05, 3.63) is 126 Å². The lowest BCUT2D eigenvalue weighted by Gasteiger charge is -2.20. The summed E-state index contributed by atoms with van der Waals surface area (Å²) in [7, 11) is 0. The summed E-state index contributed by atoms with van der Waals surface area (Å²) in [6.07, 6.45) is 3.80. The van der Waals surface area contributed by atoms with Crippen LogP contribution in [-0.4, -0.2) is 21.2 Å². The van der Waals surface area contributed by atoms with Crippen molar-refractivity contribution in [3.63, 3.8) is 0 Å². The molecule has 2 heterocycles. The predicted molar refractivity (Wildman–Crippen MR) is 143 cm³/mol. The number of para-hydroxylation sites is 1. The molecule has 1 amide bonds. The Labute approximate surface area is 218 Å². The highest BCUT2D eigenvalue weighted by atomic mass is 19.1. The molecule has 0 aliphatic rings. The summed E-state index contributed by atoms with van der Waals surface area (Å²) in [4.78, 5) is 29.8. The zero-order valence-electron chi connectivity index (χ0n) is 20.5. The highest BCUT2D eigenvalue weighted by molar-refractivity contribution is 5.94. The van der Waals surface area contributed by atoms with E-state index in [4.69, 9.17) is 5.73 Å². The highest BCUT2D eigenvalue weighted by Gasteiger charge is 2.23. The molecule has 38 heavy (non-hydrogen) atoms. The van der Waals surface area contributed by atoms with Gasteiger partial charge in [-0.25, -0.2) is 8.78 Å². The maximum Gasteiger partial charge on any atom is 0.248 e. The molecule has 0 radical (unpaired) electrons. The van der Waals surface area contributed by atoms with Gasteiger partial charge in [0.05, 0.1) is 12.2 Å². The maximum atomic E-state index is 14.0. The number of nitrogens with zero attached hydrogens (tertiary/aromatic N) is 2. The van der Waals surface area contributed by atoms with Crippen LogP contribution in [0.1, 0.15) is 34.0 Å². The molecule has 0 unspecified atom stereocenters. The lowest BCUT2D eigenvalue weighted by Crippen LogP contribution is -2.17. The van der Waals surface area contributed by atoms with Gasteiger partial charge in [0, 0.05) is 47.4 Å². The molecule has 0 aliphatic carbocycles. The van der Waals surface area contributed by atoms with Gasteiger partial charge in [0.2, 0.25) is 5.91 Å². The number of hydrogen-bond acceptors (Lipinski definition) is 3. The van der Waals surface area contributed by atoms with Gasteiger partial charge in [0.1, 0.15) is 11.6 Å². The second kappa shape index (κ2) is 10.8. The van der Waals surface area contributed by atoms with Gasteiger partial charge in [-0.15, -0.1) is 0 Å². The maximum absolute atomic E-state index is 14.0. The zero-order chi connectivity index (χ0) is 26.6. The van der Waals surface area contributed by atoms with Gasteiger partial charge < -0.3 is 10.3 Å². The number of hydrogen-bond donors (Lipinski definition) is 1. The number of aromatic nitrogens is 2. The Morgan fingerprint density at radius 2 is 1.68 bits per heavy atom. The van der Waals surface area contributed by atoms with Crippen LogP contribution in [0, 0.1) is 11.6 Å². The van der Waals surface area contributed by atoms with Crippen molar-refractivity contribution < 1.29 is 18.4 Å². The van der Waals surface area contributed by atoms with Crippen LogP contribution >= 0.6 is 0 Å². The molecule has 2 aromatic heterocycles. The number of fused-ring (bicyclic) bond motifs is 1. The van der Waals surface area contributed by atoms with Crippen molar-refractivity contribution in [2.75, 3.05) is 0 Å². The number of pyridine rings is 1. The number of halogens is 2. The topological polar surface area (TPSA) is 78.0 Å². The molecule has 190 valence electrons. The van der Waals surface area contributed by atoms with E-state index in [0.717, 1.165) is 22.5 Å². The van der Waals surface area contributed by atoms with E-state index in [-0.39, 0.29) is 25.2 Å². The molecule has 5 rings (SSSR count). The van der Waals surface area contributed by atoms with Crippen LogP contribution in [0.5, 0.6) is 0 Å². The average Bonchev–Trinajstić information content (AvgIpc) is 3.30. The molecular formula is C31H25F2N3O2. The van der Waals surface area contributed by atoms with Gasteiger partial charge in [0.15, 0.2) is 5.78 Å². The van der Waals surface area contributed by atoms with Gasteiger partial charge >= 0.3 is 0 Å². The molecule has 0 aliphatic heterocycles. The number of nitrogens with two attached hydrogens (primary N) is 1. The van der Waals surface area contributed by atoms with Crippen molar-refractivity contribution in [2.24, 2.45) is 5.73 Å². The Kier molecular flexibility index (Phi) is 7.09. The van der Waals surface area contributed by atoms with Crippen LogP contribution < -0.4 is 5.73 Å². The number of carbonyl (C=O) groups is 2. The minimum Gasteiger partial charge on any atom is -0.366 e. The third kappa shape index (κ3) is 5.52. The SMILES string of the molecule is NC(=O)c1cccc(-c2cccnc2[C@@H](CC(=O)Cn2ccc3ccccc32)Cc2cc(F)cc(F)c2)c1. The Morgan fingerprint density at radius 3 is 2.47 bits per heavy atom. The fourth-order valence-corrected chi connectivity index (χ4v) is 4.91. The molecule has 7 heteroatoms. The summed E-state index contributed by atoms with van der Waals surface area (Å²) < 4.78 is 30.0. The largest absolute Gasteiger partial charge is 0.366 e. The first-order chi connectivity index (χ1) is 18.4. The molecule has 2 N–H and O–H groups in total. The lowest BCUT2D eigenvalue weighted by molar-refractivity contribution is -0.120. The van der Waals surface area contributed by atoms with E-state index in [9.17, 15) is 18.4 Å². The van der Waals surface area contributed by atoms with Gasteiger partial charge in [-0.05, 0) is 65.4 Å². The third-order valence-corrected chi connectivity index (χ3v) is 6.59. The Bertz CT molecular complexity index is 1620. The van der Waals surface area contributed by atoms with Gasteiger partial charge in [-0.3, -0.25) is 14.6 Å². The normalized spacial score (nSPS) is 11.9. The molecule has 0 saturated heterocycles. The first kappa shape index (κ1) is 25.0. The molecule has 5 aromatic rings. The van der Waals surface area contributed by atoms with Crippen LogP contribution in [0.2, 0.25) is 0 Å². The number of ketones is 1. The quantitative estimate of drug-likeness (QED) is 0.262. The first-order valence-electron chi connectivity index (χ1n) is 12.2. The van der Waals surface area contributed by atoms with Crippen molar-refractivity contribution in [2.45, 2.75) is 25.3 Å². The van der Waals surface area contributed by atoms with E-state index >= 15 is 0 Å². The van der Waals surface area contributed by atoms with E-state index in [1.165, 1.54) is 12.1 Å². The van der Waals surface area contributed by atoms with Crippen LogP contribution in [-0.2, 0) is 17.8 Å². The van der Waals surface area contributed by atoms with E-state index in [2.05, 4.69) is 4.98 Å². The van der Waals surface area contributed by atoms with Gasteiger partial charge in [-0.1, -0.05) is 36.4 Å². The third-order valence-electron chi connectivity index (χ3n) is 6.59. The number of rotatable bonds is 9. The summed E-state index contributed by atoms with van der Waals surface area (Å²) in [6.45, 7) is 0.154. The number of carbonyl (C=O) groups excluding carboxylic acids is 2. The number of amides is 1. The number of primary amides is 1. The van der Waals surface area contributed by atoms with Crippen molar-refractivity contribution >= 4 is 22.6 Å². The lowest BCUT2D eigenvalue weighted by atomic mass is 9.86. The van der Waals surface area contributed by atoms with Crippen LogP contribution in [0.4, 0.5) is 8.78 Å². The Balaban J connectivity index is 1.51. The van der Waals surface area contributed by atoms with E-state index in [1.807, 2.05) is 53.2 Å². The predicted octanol–water partition coefficient (Wildman–Crippen LogP) is 6.07. The summed E-state index contributed by atoms with van der Waals surface area (Å²) in [5, 5.41) is 1.04. The van der Waals surface area contributed by atoms with Crippen molar-refractivity contribution in [1.29, 1.82) is 0 Å². The van der Waals surface area contributed by atoms with Crippen LogP contribution in [0.15, 0.2) is 97.3 Å². The molecule has 0 fully saturated rings. The Morgan fingerprint density at radius 1 is 0.895 bits per heavy atom. The number of Topliss-reactive ketones (excluding diaryl/α,β-unsaturated/α-hetero) is 1. The second-order valence-electron chi connectivity index (χ2n) is 9.31. The van der Waals surface area contributed by atoms with Crippen LogP contribution in [0.25, 0.3) is 22.0 Å². The zero-order valence-corrected chi connectivity index (χ0v) is 20.5. The first-order valence-corrected chi connectivity index (χ1v) is 12.2. The summed E-state index contributed by atoms with van der Waals surface area (Å²) >= 11 is 0. The Hall–Kier alpha value is -4.65. The minimum atomic E-state index is -0.681. The molecule has 1 atom stereocenters. The monoisotopic (exact) mass is 509 g/mol. The molecule has 3 aromatic carbocycles. The summed E-state index contributed by atoms with van der Waals surface area (Å²) in [6, 6.07) is 23.6. The molecule has 0 bridgehead atoms. The highest BCUT2D eigenvalue weighted by Crippen LogP contribution is 2.33. The fourth-order valence-electron chi connectivity index (χ4n) is 4.91. The summed E-state index contributed by atoms with van der Waals surface area (Å²) in [5.41, 5.74) is 9.24. The van der Waals surface area contributed by atoms with Gasteiger partial charge in [-0.2, -0.15) is 0 Å². The average molecular weight is 510 g/mol. The van der Waals surface area contributed by atoms with Crippen LogP contribution in [0.3, 0.4) is 0 Å². The minimum absolute atomic E-state index is 0.0456.